The number of carbonyl (C=O) groups excluding carboxylic acids is 2. The van der Waals surface area contributed by atoms with E-state index in [1.165, 1.54) is 13.2 Å². The van der Waals surface area contributed by atoms with E-state index in [0.717, 1.165) is 0 Å². The Morgan fingerprint density at radius 1 is 1.29 bits per heavy atom. The van der Waals surface area contributed by atoms with Crippen molar-refractivity contribution in [2.75, 3.05) is 13.8 Å². The summed E-state index contributed by atoms with van der Waals surface area (Å²) in [6.45, 7) is 3.04. The van der Waals surface area contributed by atoms with Crippen LogP contribution in [0.3, 0.4) is 0 Å². The van der Waals surface area contributed by atoms with Gasteiger partial charge in [0.15, 0.2) is 5.78 Å². The van der Waals surface area contributed by atoms with Gasteiger partial charge in [0.25, 0.3) is 0 Å². The molecule has 0 saturated heterocycles. The van der Waals surface area contributed by atoms with Gasteiger partial charge in [0.05, 0.1) is 25.3 Å². The SMILES string of the molecule is CC[C@H]1C[C@@H](C)C(=O)/C=C/C=C/C[C@@H](CCF)OC(=O)C[C@@H](O)C(OC)[C@H]1O. The fourth-order valence-corrected chi connectivity index (χ4v) is 3.40. The third-order valence-corrected chi connectivity index (χ3v) is 5.15. The number of carbonyl (C=O) groups is 2. The van der Waals surface area contributed by atoms with Gasteiger partial charge in [0.2, 0.25) is 0 Å². The molecule has 0 aromatic carbocycles. The number of alkyl halides is 1. The van der Waals surface area contributed by atoms with Crippen molar-refractivity contribution in [1.29, 1.82) is 0 Å². The van der Waals surface area contributed by atoms with Gasteiger partial charge in [-0.3, -0.25) is 14.0 Å². The zero-order valence-electron chi connectivity index (χ0n) is 16.9. The van der Waals surface area contributed by atoms with Gasteiger partial charge in [-0.05, 0) is 18.4 Å². The number of methoxy groups -OCH3 is 1. The molecule has 6 atom stereocenters. The molecular weight excluding hydrogens is 367 g/mol. The Balaban J connectivity index is 3.08. The molecule has 6 nitrogen and oxygen atoms in total. The van der Waals surface area contributed by atoms with E-state index in [9.17, 15) is 24.2 Å². The first-order chi connectivity index (χ1) is 13.3. The van der Waals surface area contributed by atoms with Gasteiger partial charge in [-0.2, -0.15) is 0 Å². The molecule has 0 amide bonds. The Kier molecular flexibility index (Phi) is 11.2. The molecule has 0 saturated carbocycles. The van der Waals surface area contributed by atoms with E-state index in [1.807, 2.05) is 6.92 Å². The highest BCUT2D eigenvalue weighted by Crippen LogP contribution is 2.26. The second-order valence-electron chi connectivity index (χ2n) is 7.28. The highest BCUT2D eigenvalue weighted by atomic mass is 19.1. The molecule has 28 heavy (non-hydrogen) atoms. The molecule has 1 rings (SSSR count). The number of allylic oxidation sites excluding steroid dienone is 3. The Hall–Kier alpha value is -1.57. The van der Waals surface area contributed by atoms with Crippen LogP contribution in [-0.4, -0.2) is 60.2 Å². The second-order valence-corrected chi connectivity index (χ2v) is 7.28. The first-order valence-electron chi connectivity index (χ1n) is 9.85. The molecule has 0 spiro atoms. The zero-order valence-corrected chi connectivity index (χ0v) is 16.9. The number of rotatable bonds is 4. The largest absolute Gasteiger partial charge is 0.462 e. The topological polar surface area (TPSA) is 93.1 Å². The average Bonchev–Trinajstić information content (AvgIpc) is 2.64. The molecule has 1 aliphatic rings. The highest BCUT2D eigenvalue weighted by molar-refractivity contribution is 5.91. The summed E-state index contributed by atoms with van der Waals surface area (Å²) in [6, 6.07) is 0. The maximum atomic E-state index is 12.7. The molecule has 7 heteroatoms. The van der Waals surface area contributed by atoms with Crippen LogP contribution < -0.4 is 0 Å². The number of cyclic esters (lactones) is 1. The summed E-state index contributed by atoms with van der Waals surface area (Å²) in [5, 5.41) is 21.1. The zero-order chi connectivity index (χ0) is 21.1. The summed E-state index contributed by atoms with van der Waals surface area (Å²) < 4.78 is 23.3. The number of hydrogen-bond acceptors (Lipinski definition) is 6. The predicted molar refractivity (Wildman–Crippen MR) is 103 cm³/mol. The van der Waals surface area contributed by atoms with Crippen molar-refractivity contribution in [2.45, 2.75) is 70.4 Å². The van der Waals surface area contributed by atoms with E-state index in [2.05, 4.69) is 0 Å². The third-order valence-electron chi connectivity index (χ3n) is 5.15. The van der Waals surface area contributed by atoms with Crippen LogP contribution in [0.15, 0.2) is 24.3 Å². The van der Waals surface area contributed by atoms with Crippen molar-refractivity contribution in [1.82, 2.24) is 0 Å². The van der Waals surface area contributed by atoms with E-state index in [-0.39, 0.29) is 30.5 Å². The fourth-order valence-electron chi connectivity index (χ4n) is 3.40. The van der Waals surface area contributed by atoms with Gasteiger partial charge >= 0.3 is 5.97 Å². The van der Waals surface area contributed by atoms with Crippen LogP contribution in [-0.2, 0) is 19.1 Å². The minimum atomic E-state index is -1.28. The fraction of sp³-hybridized carbons (Fsp3) is 0.714. The van der Waals surface area contributed by atoms with Gasteiger partial charge < -0.3 is 19.7 Å². The third kappa shape index (κ3) is 7.81. The van der Waals surface area contributed by atoms with Crippen LogP contribution in [0.25, 0.3) is 0 Å². The minimum absolute atomic E-state index is 0.0418. The van der Waals surface area contributed by atoms with Crippen molar-refractivity contribution in [3.8, 4) is 0 Å². The molecule has 1 aliphatic heterocycles. The number of aliphatic hydroxyl groups excluding tert-OH is 2. The van der Waals surface area contributed by atoms with Crippen LogP contribution in [0.2, 0.25) is 0 Å². The molecule has 1 heterocycles. The number of halogens is 1. The number of ether oxygens (including phenoxy) is 2. The van der Waals surface area contributed by atoms with Crippen molar-refractivity contribution in [3.05, 3.63) is 24.3 Å². The molecule has 160 valence electrons. The van der Waals surface area contributed by atoms with Crippen LogP contribution in [0, 0.1) is 11.8 Å². The molecule has 0 fully saturated rings. The van der Waals surface area contributed by atoms with Crippen molar-refractivity contribution in [2.24, 2.45) is 11.8 Å². The monoisotopic (exact) mass is 400 g/mol. The van der Waals surface area contributed by atoms with Crippen molar-refractivity contribution >= 4 is 11.8 Å². The number of ketones is 1. The summed E-state index contributed by atoms with van der Waals surface area (Å²) in [7, 11) is 1.35. The summed E-state index contributed by atoms with van der Waals surface area (Å²) in [5.41, 5.74) is 0. The Morgan fingerprint density at radius 3 is 2.61 bits per heavy atom. The molecule has 0 aromatic heterocycles. The van der Waals surface area contributed by atoms with E-state index in [1.54, 1.807) is 25.2 Å². The first-order valence-corrected chi connectivity index (χ1v) is 9.85. The summed E-state index contributed by atoms with van der Waals surface area (Å²) in [5.74, 6) is -1.33. The lowest BCUT2D eigenvalue weighted by molar-refractivity contribution is -0.157. The van der Waals surface area contributed by atoms with Crippen LogP contribution in [0.1, 0.15) is 46.0 Å². The molecule has 0 aliphatic carbocycles. The van der Waals surface area contributed by atoms with E-state index in [0.29, 0.717) is 19.3 Å². The average molecular weight is 400 g/mol. The Labute approximate surface area is 166 Å². The Morgan fingerprint density at radius 2 is 2.00 bits per heavy atom. The van der Waals surface area contributed by atoms with Crippen LogP contribution in [0.4, 0.5) is 4.39 Å². The predicted octanol–water partition coefficient (Wildman–Crippen LogP) is 2.52. The van der Waals surface area contributed by atoms with Gasteiger partial charge in [0.1, 0.15) is 12.2 Å². The minimum Gasteiger partial charge on any atom is -0.462 e. The van der Waals surface area contributed by atoms with Crippen molar-refractivity contribution in [3.63, 3.8) is 0 Å². The first kappa shape index (κ1) is 24.5. The Bertz CT molecular complexity index is 547. The summed E-state index contributed by atoms with van der Waals surface area (Å²) >= 11 is 0. The molecule has 0 bridgehead atoms. The normalized spacial score (nSPS) is 35.9. The quantitative estimate of drug-likeness (QED) is 0.705. The standard InChI is InChI=1S/C21H33FO6/c1-4-15-12-14(2)17(23)9-7-5-6-8-16(10-11-22)28-19(25)13-18(24)21(27-3)20(15)26/h5-7,9,14-16,18,20-21,24,26H,4,8,10-13H2,1-3H3/b6-5+,9-7+/t14-,15+,16+,18-,20+,21?/m1/s1. The molecule has 2 N–H and O–H groups in total. The maximum absolute atomic E-state index is 12.7. The second kappa shape index (κ2) is 12.8. The van der Waals surface area contributed by atoms with Crippen LogP contribution in [0.5, 0.6) is 0 Å². The summed E-state index contributed by atoms with van der Waals surface area (Å²) in [6.07, 6.45) is 3.45. The van der Waals surface area contributed by atoms with Gasteiger partial charge in [0, 0.05) is 25.9 Å². The van der Waals surface area contributed by atoms with Gasteiger partial charge in [-0.25, -0.2) is 0 Å². The van der Waals surface area contributed by atoms with E-state index < -0.39 is 37.1 Å². The van der Waals surface area contributed by atoms with Gasteiger partial charge in [-0.1, -0.05) is 38.5 Å². The highest BCUT2D eigenvalue weighted by Gasteiger charge is 2.35. The van der Waals surface area contributed by atoms with Gasteiger partial charge in [-0.15, -0.1) is 0 Å². The van der Waals surface area contributed by atoms with E-state index in [4.69, 9.17) is 9.47 Å². The van der Waals surface area contributed by atoms with Crippen LogP contribution >= 0.6 is 0 Å². The molecule has 0 radical (unpaired) electrons. The lowest BCUT2D eigenvalue weighted by atomic mass is 9.83. The van der Waals surface area contributed by atoms with Crippen molar-refractivity contribution < 1.29 is 33.7 Å². The molecule has 0 aromatic rings. The van der Waals surface area contributed by atoms with E-state index >= 15 is 0 Å². The lowest BCUT2D eigenvalue weighted by Gasteiger charge is -2.32. The molecular formula is C21H33FO6. The number of esters is 1. The molecule has 1 unspecified atom stereocenters. The smallest absolute Gasteiger partial charge is 0.308 e. The summed E-state index contributed by atoms with van der Waals surface area (Å²) in [4.78, 5) is 24.5. The number of hydrogen-bond donors (Lipinski definition) is 2. The number of aliphatic hydroxyl groups is 2. The maximum Gasteiger partial charge on any atom is 0.308 e. The lowest BCUT2D eigenvalue weighted by Crippen LogP contribution is -2.45.